The summed E-state index contributed by atoms with van der Waals surface area (Å²) in [6.45, 7) is 2.02. The monoisotopic (exact) mass is 361 g/mol. The number of carbonyl (C=O) groups is 1. The van der Waals surface area contributed by atoms with Gasteiger partial charge in [0.2, 0.25) is 5.91 Å². The first-order chi connectivity index (χ1) is 13.2. The van der Waals surface area contributed by atoms with E-state index in [2.05, 4.69) is 38.3 Å². The molecule has 1 unspecified atom stereocenters. The van der Waals surface area contributed by atoms with Crippen molar-refractivity contribution >= 4 is 22.5 Å². The minimum atomic E-state index is 0.0541. The molecule has 0 radical (unpaired) electrons. The number of amides is 1. The summed E-state index contributed by atoms with van der Waals surface area (Å²) in [5.74, 6) is 0.724. The van der Waals surface area contributed by atoms with Crippen LogP contribution in [0.5, 0.6) is 0 Å². The Labute approximate surface area is 158 Å². The number of carbonyl (C=O) groups excluding carboxylic acids is 1. The Morgan fingerprint density at radius 3 is 2.85 bits per heavy atom. The van der Waals surface area contributed by atoms with Gasteiger partial charge in [0.15, 0.2) is 0 Å². The molecule has 6 heteroatoms. The SMILES string of the molecule is CN1CCCC(C(=O)Nc2cc3cc(-c4cnccn4)ccc3cn2)CC1. The number of rotatable bonds is 3. The van der Waals surface area contributed by atoms with Crippen molar-refractivity contribution in [2.45, 2.75) is 19.3 Å². The Hall–Kier alpha value is -2.86. The lowest BCUT2D eigenvalue weighted by atomic mass is 10.00. The summed E-state index contributed by atoms with van der Waals surface area (Å²) in [5.41, 5.74) is 1.82. The molecule has 1 amide bonds. The van der Waals surface area contributed by atoms with E-state index >= 15 is 0 Å². The highest BCUT2D eigenvalue weighted by atomic mass is 16.1. The maximum absolute atomic E-state index is 12.7. The normalized spacial score (nSPS) is 18.2. The fraction of sp³-hybridized carbons (Fsp3) is 0.333. The fourth-order valence-electron chi connectivity index (χ4n) is 3.55. The summed E-state index contributed by atoms with van der Waals surface area (Å²) in [5, 5.41) is 5.05. The van der Waals surface area contributed by atoms with E-state index in [-0.39, 0.29) is 11.8 Å². The zero-order valence-electron chi connectivity index (χ0n) is 15.4. The molecule has 1 atom stereocenters. The van der Waals surface area contributed by atoms with Gasteiger partial charge in [-0.1, -0.05) is 12.1 Å². The number of likely N-dealkylation sites (tertiary alicyclic amines) is 1. The Morgan fingerprint density at radius 1 is 1.07 bits per heavy atom. The largest absolute Gasteiger partial charge is 0.310 e. The van der Waals surface area contributed by atoms with Crippen LogP contribution in [0.3, 0.4) is 0 Å². The molecule has 2 aromatic heterocycles. The van der Waals surface area contributed by atoms with Crippen LogP contribution in [0.4, 0.5) is 5.82 Å². The number of nitrogens with zero attached hydrogens (tertiary/aromatic N) is 4. The van der Waals surface area contributed by atoms with Crippen LogP contribution in [0, 0.1) is 5.92 Å². The molecule has 138 valence electrons. The van der Waals surface area contributed by atoms with Gasteiger partial charge < -0.3 is 10.2 Å². The molecule has 0 bridgehead atoms. The van der Waals surface area contributed by atoms with Crippen molar-refractivity contribution in [2.75, 3.05) is 25.5 Å². The molecule has 6 nitrogen and oxygen atoms in total. The molecule has 0 saturated carbocycles. The number of nitrogens with one attached hydrogen (secondary N) is 1. The van der Waals surface area contributed by atoms with Crippen molar-refractivity contribution in [3.8, 4) is 11.3 Å². The quantitative estimate of drug-likeness (QED) is 0.774. The number of aromatic nitrogens is 3. The van der Waals surface area contributed by atoms with Crippen molar-refractivity contribution < 1.29 is 4.79 Å². The standard InChI is InChI=1S/C21H23N5O/c1-26-9-2-3-15(6-10-26)21(27)25-20-12-18-11-16(4-5-17(18)13-24-20)19-14-22-7-8-23-19/h4-5,7-8,11-15H,2-3,6,9-10H2,1H3,(H,24,25,27). The van der Waals surface area contributed by atoms with E-state index in [1.54, 1.807) is 24.8 Å². The molecule has 3 heterocycles. The van der Waals surface area contributed by atoms with Crippen LogP contribution in [-0.2, 0) is 4.79 Å². The van der Waals surface area contributed by atoms with E-state index in [1.165, 1.54) is 0 Å². The molecule has 1 aromatic carbocycles. The van der Waals surface area contributed by atoms with Gasteiger partial charge in [0, 0.05) is 35.5 Å². The van der Waals surface area contributed by atoms with Gasteiger partial charge in [0.05, 0.1) is 11.9 Å². The van der Waals surface area contributed by atoms with Gasteiger partial charge in [-0.3, -0.25) is 14.8 Å². The predicted molar refractivity (Wildman–Crippen MR) is 106 cm³/mol. The van der Waals surface area contributed by atoms with Crippen LogP contribution in [0.2, 0.25) is 0 Å². The van der Waals surface area contributed by atoms with Crippen LogP contribution in [0.1, 0.15) is 19.3 Å². The Morgan fingerprint density at radius 2 is 2.00 bits per heavy atom. The molecule has 1 saturated heterocycles. The maximum atomic E-state index is 12.7. The van der Waals surface area contributed by atoms with Crippen molar-refractivity contribution in [1.29, 1.82) is 0 Å². The first-order valence-corrected chi connectivity index (χ1v) is 9.35. The van der Waals surface area contributed by atoms with Gasteiger partial charge in [0.1, 0.15) is 5.82 Å². The molecular formula is C21H23N5O. The summed E-state index contributed by atoms with van der Waals surface area (Å²) in [6, 6.07) is 8.00. The zero-order valence-corrected chi connectivity index (χ0v) is 15.4. The van der Waals surface area contributed by atoms with Crippen LogP contribution in [0.15, 0.2) is 49.1 Å². The minimum Gasteiger partial charge on any atom is -0.310 e. The molecule has 1 aliphatic rings. The van der Waals surface area contributed by atoms with Gasteiger partial charge in [-0.15, -0.1) is 0 Å². The van der Waals surface area contributed by atoms with Crippen molar-refractivity contribution in [3.05, 3.63) is 49.1 Å². The van der Waals surface area contributed by atoms with Crippen molar-refractivity contribution in [1.82, 2.24) is 19.9 Å². The van der Waals surface area contributed by atoms with Crippen molar-refractivity contribution in [2.24, 2.45) is 5.92 Å². The lowest BCUT2D eigenvalue weighted by molar-refractivity contribution is -0.120. The van der Waals surface area contributed by atoms with E-state index in [0.717, 1.165) is 54.4 Å². The van der Waals surface area contributed by atoms with E-state index in [1.807, 2.05) is 18.2 Å². The van der Waals surface area contributed by atoms with Crippen LogP contribution >= 0.6 is 0 Å². The Kier molecular flexibility index (Phi) is 5.07. The highest BCUT2D eigenvalue weighted by molar-refractivity contribution is 5.94. The summed E-state index contributed by atoms with van der Waals surface area (Å²) < 4.78 is 0. The maximum Gasteiger partial charge on any atom is 0.228 e. The van der Waals surface area contributed by atoms with E-state index in [4.69, 9.17) is 0 Å². The molecular weight excluding hydrogens is 338 g/mol. The molecule has 4 rings (SSSR count). The number of pyridine rings is 1. The average molecular weight is 361 g/mol. The van der Waals surface area contributed by atoms with Crippen LogP contribution in [0.25, 0.3) is 22.0 Å². The molecule has 1 N–H and O–H groups in total. The Balaban J connectivity index is 1.54. The second-order valence-electron chi connectivity index (χ2n) is 7.14. The summed E-state index contributed by atoms with van der Waals surface area (Å²) >= 11 is 0. The number of fused-ring (bicyclic) bond motifs is 1. The van der Waals surface area contributed by atoms with E-state index in [0.29, 0.717) is 5.82 Å². The minimum absolute atomic E-state index is 0.0541. The van der Waals surface area contributed by atoms with Crippen LogP contribution in [-0.4, -0.2) is 45.9 Å². The topological polar surface area (TPSA) is 71.0 Å². The average Bonchev–Trinajstić information content (AvgIpc) is 2.92. The number of hydrogen-bond acceptors (Lipinski definition) is 5. The van der Waals surface area contributed by atoms with Crippen LogP contribution < -0.4 is 5.32 Å². The lowest BCUT2D eigenvalue weighted by Gasteiger charge is -2.15. The molecule has 0 spiro atoms. The summed E-state index contributed by atoms with van der Waals surface area (Å²) in [7, 11) is 2.11. The van der Waals surface area contributed by atoms with E-state index in [9.17, 15) is 4.79 Å². The van der Waals surface area contributed by atoms with Gasteiger partial charge in [-0.2, -0.15) is 0 Å². The lowest BCUT2D eigenvalue weighted by Crippen LogP contribution is -2.25. The molecule has 27 heavy (non-hydrogen) atoms. The summed E-state index contributed by atoms with van der Waals surface area (Å²) in [4.78, 5) is 27.8. The second kappa shape index (κ2) is 7.80. The first-order valence-electron chi connectivity index (χ1n) is 9.35. The van der Waals surface area contributed by atoms with Gasteiger partial charge in [-0.25, -0.2) is 4.98 Å². The highest BCUT2D eigenvalue weighted by Crippen LogP contribution is 2.24. The fourth-order valence-corrected chi connectivity index (χ4v) is 3.55. The third kappa shape index (κ3) is 4.11. The highest BCUT2D eigenvalue weighted by Gasteiger charge is 2.22. The zero-order chi connectivity index (χ0) is 18.6. The van der Waals surface area contributed by atoms with Crippen molar-refractivity contribution in [3.63, 3.8) is 0 Å². The summed E-state index contributed by atoms with van der Waals surface area (Å²) in [6.07, 6.45) is 9.77. The van der Waals surface area contributed by atoms with E-state index < -0.39 is 0 Å². The third-order valence-corrected chi connectivity index (χ3v) is 5.15. The second-order valence-corrected chi connectivity index (χ2v) is 7.14. The van der Waals surface area contributed by atoms with Gasteiger partial charge in [-0.05, 0) is 56.9 Å². The third-order valence-electron chi connectivity index (χ3n) is 5.15. The smallest absolute Gasteiger partial charge is 0.228 e. The molecule has 0 aliphatic carbocycles. The Bertz CT molecular complexity index is 944. The molecule has 3 aromatic rings. The number of anilines is 1. The van der Waals surface area contributed by atoms with Gasteiger partial charge >= 0.3 is 0 Å². The molecule has 1 fully saturated rings. The van der Waals surface area contributed by atoms with Gasteiger partial charge in [0.25, 0.3) is 0 Å². The predicted octanol–water partition coefficient (Wildman–Crippen LogP) is 3.36. The first kappa shape index (κ1) is 17.5. The number of hydrogen-bond donors (Lipinski definition) is 1. The molecule has 1 aliphatic heterocycles. The number of benzene rings is 1.